The Morgan fingerprint density at radius 2 is 2.09 bits per heavy atom. The highest BCUT2D eigenvalue weighted by Crippen LogP contribution is 2.31. The number of H-pyrrole nitrogens is 1. The Morgan fingerprint density at radius 1 is 1.30 bits per heavy atom. The predicted molar refractivity (Wildman–Crippen MR) is 88.4 cm³/mol. The first kappa shape index (κ1) is 15.0. The second kappa shape index (κ2) is 5.69. The van der Waals surface area contributed by atoms with E-state index in [0.717, 1.165) is 0 Å². The number of nitro groups is 1. The average molecular weight is 329 g/mol. The Morgan fingerprint density at radius 3 is 2.78 bits per heavy atom. The van der Waals surface area contributed by atoms with Crippen LogP contribution in [0.4, 0.5) is 11.4 Å². The molecule has 0 aliphatic carbocycles. The van der Waals surface area contributed by atoms with Crippen LogP contribution in [0.5, 0.6) is 0 Å². The lowest BCUT2D eigenvalue weighted by Crippen LogP contribution is -2.09. The summed E-state index contributed by atoms with van der Waals surface area (Å²) in [5.41, 5.74) is 7.01. The van der Waals surface area contributed by atoms with Crippen LogP contribution in [0, 0.1) is 10.1 Å². The first-order valence-electron chi connectivity index (χ1n) is 6.49. The fourth-order valence-electron chi connectivity index (χ4n) is 2.24. The molecular formula is C14H11N5O3S. The van der Waals surface area contributed by atoms with E-state index in [9.17, 15) is 14.9 Å². The van der Waals surface area contributed by atoms with Crippen molar-refractivity contribution in [1.82, 2.24) is 15.0 Å². The number of non-ortho nitro benzene ring substituents is 1. The molecule has 3 N–H and O–H groups in total. The summed E-state index contributed by atoms with van der Waals surface area (Å²) < 4.78 is 0. The highest BCUT2D eigenvalue weighted by Gasteiger charge is 2.16. The van der Waals surface area contributed by atoms with Crippen LogP contribution >= 0.6 is 11.8 Å². The zero-order valence-electron chi connectivity index (χ0n) is 11.9. The Bertz CT molecular complexity index is 986. The molecule has 0 saturated carbocycles. The Labute approximate surface area is 133 Å². The minimum atomic E-state index is -0.479. The molecular weight excluding hydrogens is 318 g/mol. The van der Waals surface area contributed by atoms with Crippen molar-refractivity contribution in [3.63, 3.8) is 0 Å². The zero-order valence-corrected chi connectivity index (χ0v) is 12.8. The van der Waals surface area contributed by atoms with Crippen molar-refractivity contribution in [3.05, 3.63) is 50.8 Å². The number of pyridine rings is 1. The number of aromatic nitrogens is 3. The molecule has 2 heterocycles. The molecule has 0 aliphatic rings. The van der Waals surface area contributed by atoms with Gasteiger partial charge in [0.25, 0.3) is 11.2 Å². The van der Waals surface area contributed by atoms with E-state index in [1.807, 2.05) is 0 Å². The van der Waals surface area contributed by atoms with Gasteiger partial charge < -0.3 is 10.7 Å². The smallest absolute Gasteiger partial charge is 0.270 e. The molecule has 3 rings (SSSR count). The van der Waals surface area contributed by atoms with Gasteiger partial charge in [-0.25, -0.2) is 9.97 Å². The van der Waals surface area contributed by atoms with Crippen LogP contribution in [0.1, 0.15) is 0 Å². The maximum absolute atomic E-state index is 11.6. The third-order valence-electron chi connectivity index (χ3n) is 3.22. The summed E-state index contributed by atoms with van der Waals surface area (Å²) in [5.74, 6) is 0. The number of hydrogen-bond acceptors (Lipinski definition) is 7. The first-order valence-corrected chi connectivity index (χ1v) is 7.71. The Hall–Kier alpha value is -2.94. The maximum atomic E-state index is 11.6. The second-order valence-corrected chi connectivity index (χ2v) is 5.45. The normalized spacial score (nSPS) is 10.8. The first-order chi connectivity index (χ1) is 11.0. The van der Waals surface area contributed by atoms with Gasteiger partial charge in [-0.05, 0) is 6.26 Å². The van der Waals surface area contributed by atoms with E-state index in [1.165, 1.54) is 30.0 Å². The number of benzene rings is 1. The largest absolute Gasteiger partial charge is 0.398 e. The van der Waals surface area contributed by atoms with Gasteiger partial charge in [0.05, 0.1) is 21.7 Å². The van der Waals surface area contributed by atoms with Crippen molar-refractivity contribution in [2.75, 3.05) is 12.0 Å². The van der Waals surface area contributed by atoms with E-state index in [0.29, 0.717) is 27.4 Å². The van der Waals surface area contributed by atoms with Gasteiger partial charge in [0.2, 0.25) is 0 Å². The molecule has 0 spiro atoms. The molecule has 3 aromatic rings. The molecule has 0 atom stereocenters. The number of aromatic amines is 1. The Balaban J connectivity index is 2.38. The minimum absolute atomic E-state index is 0.0528. The monoisotopic (exact) mass is 329 g/mol. The fraction of sp³-hybridized carbons (Fsp3) is 0.0714. The summed E-state index contributed by atoms with van der Waals surface area (Å²) in [6, 6.07) is 7.32. The number of nitrogen functional groups attached to an aromatic ring is 1. The molecule has 23 heavy (non-hydrogen) atoms. The van der Waals surface area contributed by atoms with E-state index in [4.69, 9.17) is 5.73 Å². The van der Waals surface area contributed by atoms with E-state index in [-0.39, 0.29) is 16.9 Å². The van der Waals surface area contributed by atoms with Gasteiger partial charge in [-0.3, -0.25) is 14.9 Å². The molecule has 9 heteroatoms. The van der Waals surface area contributed by atoms with Gasteiger partial charge in [-0.2, -0.15) is 0 Å². The molecule has 8 nitrogen and oxygen atoms in total. The van der Waals surface area contributed by atoms with Crippen molar-refractivity contribution in [2.45, 2.75) is 5.16 Å². The summed E-state index contributed by atoms with van der Waals surface area (Å²) in [6.07, 6.45) is 1.79. The lowest BCUT2D eigenvalue weighted by atomic mass is 10.1. The van der Waals surface area contributed by atoms with Crippen molar-refractivity contribution < 1.29 is 4.92 Å². The Kier molecular flexibility index (Phi) is 3.70. The van der Waals surface area contributed by atoms with Crippen molar-refractivity contribution in [2.24, 2.45) is 0 Å². The molecule has 116 valence electrons. The average Bonchev–Trinajstić information content (AvgIpc) is 2.53. The van der Waals surface area contributed by atoms with Crippen molar-refractivity contribution in [3.8, 4) is 11.3 Å². The molecule has 0 unspecified atom stereocenters. The molecule has 0 radical (unpaired) electrons. The molecule has 0 aliphatic heterocycles. The quantitative estimate of drug-likeness (QED) is 0.326. The van der Waals surface area contributed by atoms with Crippen LogP contribution in [-0.2, 0) is 0 Å². The number of fused-ring (bicyclic) bond motifs is 1. The predicted octanol–water partition coefficient (Wildman–Crippen LogP) is 2.20. The van der Waals surface area contributed by atoms with Gasteiger partial charge in [0, 0.05) is 23.8 Å². The van der Waals surface area contributed by atoms with Gasteiger partial charge in [-0.1, -0.05) is 23.9 Å². The number of nitro benzene ring substituents is 1. The molecule has 2 aromatic heterocycles. The summed E-state index contributed by atoms with van der Waals surface area (Å²) in [4.78, 5) is 33.4. The summed E-state index contributed by atoms with van der Waals surface area (Å²) >= 11 is 1.30. The third-order valence-corrected chi connectivity index (χ3v) is 3.77. The van der Waals surface area contributed by atoms with Crippen molar-refractivity contribution in [1.29, 1.82) is 0 Å². The SMILES string of the molecule is CSc1nc(-c2cccc([N+](=O)[O-])c2)c2c(N)cc(=O)[nH]c2n1. The summed E-state index contributed by atoms with van der Waals surface area (Å²) in [7, 11) is 0. The van der Waals surface area contributed by atoms with Gasteiger partial charge in [0.1, 0.15) is 5.65 Å². The second-order valence-electron chi connectivity index (χ2n) is 4.68. The molecule has 0 saturated heterocycles. The molecule has 1 aromatic carbocycles. The lowest BCUT2D eigenvalue weighted by molar-refractivity contribution is -0.384. The van der Waals surface area contributed by atoms with E-state index >= 15 is 0 Å². The van der Waals surface area contributed by atoms with Crippen LogP contribution in [0.3, 0.4) is 0 Å². The number of anilines is 1. The number of nitrogens with one attached hydrogen (secondary N) is 1. The summed E-state index contributed by atoms with van der Waals surface area (Å²) in [6.45, 7) is 0. The van der Waals surface area contributed by atoms with Crippen LogP contribution in [0.2, 0.25) is 0 Å². The number of rotatable bonds is 3. The highest BCUT2D eigenvalue weighted by molar-refractivity contribution is 7.98. The standard InChI is InChI=1S/C14H11N5O3S/c1-23-14-17-12(7-3-2-4-8(5-7)19(21)22)11-9(15)6-10(20)16-13(11)18-14/h2-6H,1H3,(H3,15,16,17,18,20). The highest BCUT2D eigenvalue weighted by atomic mass is 32.2. The maximum Gasteiger partial charge on any atom is 0.270 e. The zero-order chi connectivity index (χ0) is 16.6. The molecule has 0 fully saturated rings. The fourth-order valence-corrected chi connectivity index (χ4v) is 2.60. The van der Waals surface area contributed by atoms with Gasteiger partial charge in [0.15, 0.2) is 5.16 Å². The van der Waals surface area contributed by atoms with E-state index < -0.39 is 4.92 Å². The van der Waals surface area contributed by atoms with Gasteiger partial charge >= 0.3 is 0 Å². The summed E-state index contributed by atoms with van der Waals surface area (Å²) in [5, 5.41) is 11.9. The topological polar surface area (TPSA) is 128 Å². The molecule has 0 amide bonds. The lowest BCUT2D eigenvalue weighted by Gasteiger charge is -2.09. The third kappa shape index (κ3) is 2.73. The number of hydrogen-bond donors (Lipinski definition) is 2. The van der Waals surface area contributed by atoms with Crippen LogP contribution in [0.25, 0.3) is 22.3 Å². The van der Waals surface area contributed by atoms with Crippen LogP contribution in [-0.4, -0.2) is 26.1 Å². The minimum Gasteiger partial charge on any atom is -0.398 e. The number of thioether (sulfide) groups is 1. The van der Waals surface area contributed by atoms with E-state index in [1.54, 1.807) is 18.4 Å². The van der Waals surface area contributed by atoms with Crippen LogP contribution < -0.4 is 11.3 Å². The molecule has 0 bridgehead atoms. The number of nitrogens with zero attached hydrogens (tertiary/aromatic N) is 3. The van der Waals surface area contributed by atoms with Crippen molar-refractivity contribution >= 4 is 34.2 Å². The van der Waals surface area contributed by atoms with E-state index in [2.05, 4.69) is 15.0 Å². The number of nitrogens with two attached hydrogens (primary N) is 1. The van der Waals surface area contributed by atoms with Gasteiger partial charge in [-0.15, -0.1) is 0 Å². The van der Waals surface area contributed by atoms with Crippen LogP contribution in [0.15, 0.2) is 40.3 Å².